The Kier molecular flexibility index (Phi) is 4.63. The zero-order valence-corrected chi connectivity index (χ0v) is 12.7. The minimum Gasteiger partial charge on any atom is -0.478 e. The molecule has 0 aliphatic rings. The van der Waals surface area contributed by atoms with Crippen molar-refractivity contribution in [1.29, 1.82) is 0 Å². The van der Waals surface area contributed by atoms with Crippen LogP contribution in [0.25, 0.3) is 11.0 Å². The number of hydrogen-bond acceptors (Lipinski definition) is 3. The van der Waals surface area contributed by atoms with E-state index in [1.54, 1.807) is 19.1 Å². The van der Waals surface area contributed by atoms with Crippen molar-refractivity contribution in [3.05, 3.63) is 29.6 Å². The number of aromatic nitrogens is 2. The molecular formula is C16H22N2O3. The lowest BCUT2D eigenvalue weighted by Gasteiger charge is -2.19. The van der Waals surface area contributed by atoms with E-state index in [1.165, 1.54) is 0 Å². The number of para-hydroxylation sites is 1. The van der Waals surface area contributed by atoms with Gasteiger partial charge in [0.25, 0.3) is 0 Å². The first-order valence-electron chi connectivity index (χ1n) is 7.36. The Morgan fingerprint density at radius 2 is 2.10 bits per heavy atom. The number of aliphatic hydroxyl groups excluding tert-OH is 1. The molecule has 0 bridgehead atoms. The molecule has 2 atom stereocenters. The largest absolute Gasteiger partial charge is 0.478 e. The minimum atomic E-state index is -0.962. The second kappa shape index (κ2) is 6.26. The van der Waals surface area contributed by atoms with Crippen molar-refractivity contribution in [2.45, 2.75) is 52.2 Å². The molecule has 0 saturated heterocycles. The van der Waals surface area contributed by atoms with Gasteiger partial charge in [-0.15, -0.1) is 0 Å². The first-order chi connectivity index (χ1) is 9.95. The normalized spacial score (nSPS) is 14.3. The topological polar surface area (TPSA) is 75.3 Å². The van der Waals surface area contributed by atoms with Crippen molar-refractivity contribution in [3.8, 4) is 0 Å². The van der Waals surface area contributed by atoms with E-state index in [1.807, 2.05) is 13.0 Å². The Labute approximate surface area is 124 Å². The van der Waals surface area contributed by atoms with Gasteiger partial charge in [0.05, 0.1) is 17.2 Å². The Balaban J connectivity index is 2.63. The van der Waals surface area contributed by atoms with Gasteiger partial charge in [-0.1, -0.05) is 13.0 Å². The molecule has 1 aromatic carbocycles. The highest BCUT2D eigenvalue weighted by atomic mass is 16.4. The van der Waals surface area contributed by atoms with Gasteiger partial charge >= 0.3 is 5.97 Å². The lowest BCUT2D eigenvalue weighted by molar-refractivity contribution is 0.0699. The first kappa shape index (κ1) is 15.5. The SMILES string of the molecule is CCCc1nc2c(C(=O)O)cccc2n1C(C)CC(C)O. The lowest BCUT2D eigenvalue weighted by Crippen LogP contribution is -2.14. The van der Waals surface area contributed by atoms with Gasteiger partial charge in [0, 0.05) is 12.5 Å². The van der Waals surface area contributed by atoms with Crippen molar-refractivity contribution in [2.24, 2.45) is 0 Å². The molecule has 2 N–H and O–H groups in total. The van der Waals surface area contributed by atoms with Crippen molar-refractivity contribution in [2.75, 3.05) is 0 Å². The van der Waals surface area contributed by atoms with Crippen LogP contribution >= 0.6 is 0 Å². The summed E-state index contributed by atoms with van der Waals surface area (Å²) < 4.78 is 2.07. The summed E-state index contributed by atoms with van der Waals surface area (Å²) in [7, 11) is 0. The van der Waals surface area contributed by atoms with Crippen LogP contribution in [0.5, 0.6) is 0 Å². The molecule has 21 heavy (non-hydrogen) atoms. The van der Waals surface area contributed by atoms with Crippen LogP contribution in [0.15, 0.2) is 18.2 Å². The third kappa shape index (κ3) is 3.08. The average molecular weight is 290 g/mol. The number of hydrogen-bond donors (Lipinski definition) is 2. The van der Waals surface area contributed by atoms with E-state index in [-0.39, 0.29) is 11.6 Å². The molecule has 1 aromatic heterocycles. The summed E-state index contributed by atoms with van der Waals surface area (Å²) in [5.74, 6) is -0.0779. The molecule has 5 heteroatoms. The molecule has 2 unspecified atom stereocenters. The number of rotatable bonds is 6. The van der Waals surface area contributed by atoms with Gasteiger partial charge < -0.3 is 14.8 Å². The fourth-order valence-electron chi connectivity index (χ4n) is 2.83. The van der Waals surface area contributed by atoms with Crippen LogP contribution in [-0.4, -0.2) is 31.8 Å². The van der Waals surface area contributed by atoms with Crippen molar-refractivity contribution >= 4 is 17.0 Å². The summed E-state index contributed by atoms with van der Waals surface area (Å²) in [6.07, 6.45) is 1.93. The monoisotopic (exact) mass is 290 g/mol. The summed E-state index contributed by atoms with van der Waals surface area (Å²) in [6.45, 7) is 5.86. The third-order valence-electron chi connectivity index (χ3n) is 3.62. The van der Waals surface area contributed by atoms with E-state index in [0.29, 0.717) is 11.9 Å². The molecular weight excluding hydrogens is 268 g/mol. The van der Waals surface area contributed by atoms with Crippen LogP contribution in [-0.2, 0) is 6.42 Å². The molecule has 2 aromatic rings. The maximum absolute atomic E-state index is 11.4. The van der Waals surface area contributed by atoms with Gasteiger partial charge in [0.1, 0.15) is 11.3 Å². The van der Waals surface area contributed by atoms with E-state index < -0.39 is 12.1 Å². The Hall–Kier alpha value is -1.88. The van der Waals surface area contributed by atoms with Crippen molar-refractivity contribution in [3.63, 3.8) is 0 Å². The number of aliphatic hydroxyl groups is 1. The predicted molar refractivity (Wildman–Crippen MR) is 81.7 cm³/mol. The molecule has 0 spiro atoms. The maximum atomic E-state index is 11.4. The summed E-state index contributed by atoms with van der Waals surface area (Å²) in [4.78, 5) is 15.9. The van der Waals surface area contributed by atoms with Crippen molar-refractivity contribution in [1.82, 2.24) is 9.55 Å². The second-order valence-electron chi connectivity index (χ2n) is 5.56. The number of aryl methyl sites for hydroxylation is 1. The van der Waals surface area contributed by atoms with Gasteiger partial charge in [-0.25, -0.2) is 9.78 Å². The molecule has 0 aliphatic carbocycles. The number of nitrogens with zero attached hydrogens (tertiary/aromatic N) is 2. The second-order valence-corrected chi connectivity index (χ2v) is 5.56. The zero-order valence-electron chi connectivity index (χ0n) is 12.7. The van der Waals surface area contributed by atoms with Crippen LogP contribution < -0.4 is 0 Å². The van der Waals surface area contributed by atoms with Crippen LogP contribution in [0, 0.1) is 0 Å². The summed E-state index contributed by atoms with van der Waals surface area (Å²) in [5.41, 5.74) is 1.59. The molecule has 0 fully saturated rings. The minimum absolute atomic E-state index is 0.0700. The summed E-state index contributed by atoms with van der Waals surface area (Å²) >= 11 is 0. The number of imidazole rings is 1. The highest BCUT2D eigenvalue weighted by molar-refractivity contribution is 6.01. The Bertz CT molecular complexity index is 646. The average Bonchev–Trinajstić information content (AvgIpc) is 2.75. The van der Waals surface area contributed by atoms with Gasteiger partial charge in [-0.3, -0.25) is 0 Å². The summed E-state index contributed by atoms with van der Waals surface area (Å²) in [6, 6.07) is 5.29. The summed E-state index contributed by atoms with van der Waals surface area (Å²) in [5, 5.41) is 18.9. The van der Waals surface area contributed by atoms with Gasteiger partial charge in [-0.05, 0) is 38.8 Å². The quantitative estimate of drug-likeness (QED) is 0.857. The number of benzene rings is 1. The Morgan fingerprint density at radius 3 is 2.67 bits per heavy atom. The maximum Gasteiger partial charge on any atom is 0.337 e. The number of fused-ring (bicyclic) bond motifs is 1. The van der Waals surface area contributed by atoms with E-state index >= 15 is 0 Å². The number of carboxylic acids is 1. The molecule has 5 nitrogen and oxygen atoms in total. The molecule has 0 radical (unpaired) electrons. The fourth-order valence-corrected chi connectivity index (χ4v) is 2.83. The number of carbonyl (C=O) groups is 1. The molecule has 114 valence electrons. The number of aromatic carboxylic acids is 1. The highest BCUT2D eigenvalue weighted by Gasteiger charge is 2.20. The molecule has 0 aliphatic heterocycles. The molecule has 0 saturated carbocycles. The van der Waals surface area contributed by atoms with E-state index in [0.717, 1.165) is 24.2 Å². The van der Waals surface area contributed by atoms with E-state index in [2.05, 4.69) is 16.5 Å². The van der Waals surface area contributed by atoms with Crippen molar-refractivity contribution < 1.29 is 15.0 Å². The third-order valence-corrected chi connectivity index (χ3v) is 3.62. The smallest absolute Gasteiger partial charge is 0.337 e. The first-order valence-corrected chi connectivity index (χ1v) is 7.36. The number of carboxylic acid groups (broad SMARTS) is 1. The van der Waals surface area contributed by atoms with Crippen LogP contribution in [0.3, 0.4) is 0 Å². The lowest BCUT2D eigenvalue weighted by atomic mass is 10.1. The Morgan fingerprint density at radius 1 is 1.38 bits per heavy atom. The van der Waals surface area contributed by atoms with Gasteiger partial charge in [0.2, 0.25) is 0 Å². The van der Waals surface area contributed by atoms with E-state index in [9.17, 15) is 15.0 Å². The fraction of sp³-hybridized carbons (Fsp3) is 0.500. The molecule has 0 amide bonds. The van der Waals surface area contributed by atoms with Gasteiger partial charge in [0.15, 0.2) is 0 Å². The van der Waals surface area contributed by atoms with Crippen LogP contribution in [0.2, 0.25) is 0 Å². The standard InChI is InChI=1S/C16H22N2O3/c1-4-6-14-17-15-12(16(20)21)7-5-8-13(15)18(14)10(2)9-11(3)19/h5,7-8,10-11,19H,4,6,9H2,1-3H3,(H,20,21). The highest BCUT2D eigenvalue weighted by Crippen LogP contribution is 2.27. The van der Waals surface area contributed by atoms with Crippen LogP contribution in [0.1, 0.15) is 55.8 Å². The molecule has 2 rings (SSSR count). The molecule has 1 heterocycles. The zero-order chi connectivity index (χ0) is 15.6. The van der Waals surface area contributed by atoms with E-state index in [4.69, 9.17) is 0 Å². The van der Waals surface area contributed by atoms with Gasteiger partial charge in [-0.2, -0.15) is 0 Å². The van der Waals surface area contributed by atoms with Crippen LogP contribution in [0.4, 0.5) is 0 Å². The predicted octanol–water partition coefficient (Wildman–Crippen LogP) is 3.02.